The van der Waals surface area contributed by atoms with Crippen molar-refractivity contribution in [2.45, 2.75) is 32.6 Å². The topological polar surface area (TPSA) is 74.8 Å². The van der Waals surface area contributed by atoms with Gasteiger partial charge in [-0.25, -0.2) is 8.42 Å². The third-order valence-electron chi connectivity index (χ3n) is 4.04. The van der Waals surface area contributed by atoms with Gasteiger partial charge in [-0.1, -0.05) is 17.7 Å². The van der Waals surface area contributed by atoms with Crippen molar-refractivity contribution in [3.05, 3.63) is 50.3 Å². The van der Waals surface area contributed by atoms with Crippen LogP contribution < -0.4 is 4.72 Å². The summed E-state index contributed by atoms with van der Waals surface area (Å²) in [4.78, 5) is 1.91. The van der Waals surface area contributed by atoms with E-state index < -0.39 is 10.0 Å². The summed E-state index contributed by atoms with van der Waals surface area (Å²) in [5, 5.41) is 7.72. The van der Waals surface area contributed by atoms with Gasteiger partial charge in [0, 0.05) is 26.0 Å². The van der Waals surface area contributed by atoms with E-state index in [1.807, 2.05) is 27.7 Å². The third kappa shape index (κ3) is 3.31. The van der Waals surface area contributed by atoms with Crippen LogP contribution in [0.1, 0.15) is 21.0 Å². The fourth-order valence-electron chi connectivity index (χ4n) is 2.75. The number of rotatable bonds is 4. The van der Waals surface area contributed by atoms with Gasteiger partial charge < -0.3 is 0 Å². The number of sulfonamides is 1. The summed E-state index contributed by atoms with van der Waals surface area (Å²) in [6.07, 6.45) is 0. The Kier molecular flexibility index (Phi) is 4.66. The fourth-order valence-corrected chi connectivity index (χ4v) is 5.85. The second-order valence-electron chi connectivity index (χ2n) is 5.86. The van der Waals surface area contributed by atoms with Crippen molar-refractivity contribution >= 4 is 38.6 Å². The van der Waals surface area contributed by atoms with Crippen LogP contribution in [-0.4, -0.2) is 18.6 Å². The average molecular weight is 396 g/mol. The van der Waals surface area contributed by atoms with E-state index in [2.05, 4.69) is 14.9 Å². The maximum absolute atomic E-state index is 13.1. The van der Waals surface area contributed by atoms with E-state index in [0.717, 1.165) is 21.0 Å². The smallest absolute Gasteiger partial charge is 0.263 e. The van der Waals surface area contributed by atoms with Crippen molar-refractivity contribution < 1.29 is 8.42 Å². The lowest BCUT2D eigenvalue weighted by molar-refractivity contribution is 0.601. The maximum atomic E-state index is 13.1. The molecule has 2 aromatic heterocycles. The molecule has 0 saturated carbocycles. The molecule has 8 heteroatoms. The molecule has 1 aromatic carbocycles. The van der Waals surface area contributed by atoms with Gasteiger partial charge in [-0.3, -0.25) is 9.82 Å². The van der Waals surface area contributed by atoms with Gasteiger partial charge in [0.2, 0.25) is 0 Å². The van der Waals surface area contributed by atoms with Gasteiger partial charge >= 0.3 is 0 Å². The Balaban J connectivity index is 2.15. The highest BCUT2D eigenvalue weighted by molar-refractivity contribution is 7.93. The van der Waals surface area contributed by atoms with Gasteiger partial charge in [0.15, 0.2) is 0 Å². The molecular formula is C17H18ClN3O2S2. The monoisotopic (exact) mass is 395 g/mol. The number of halogens is 1. The second kappa shape index (κ2) is 6.48. The second-order valence-corrected chi connectivity index (χ2v) is 9.34. The highest BCUT2D eigenvalue weighted by Crippen LogP contribution is 2.40. The molecule has 3 rings (SSSR count). The van der Waals surface area contributed by atoms with Crippen LogP contribution in [0, 0.1) is 27.7 Å². The van der Waals surface area contributed by atoms with Crippen molar-refractivity contribution in [2.24, 2.45) is 0 Å². The molecular weight excluding hydrogens is 378 g/mol. The molecule has 0 saturated heterocycles. The Hall–Kier alpha value is -1.83. The number of hydrogen-bond donors (Lipinski definition) is 2. The Morgan fingerprint density at radius 3 is 2.48 bits per heavy atom. The summed E-state index contributed by atoms with van der Waals surface area (Å²) in [6, 6.07) is 6.65. The molecule has 25 heavy (non-hydrogen) atoms. The van der Waals surface area contributed by atoms with E-state index in [0.29, 0.717) is 22.0 Å². The lowest BCUT2D eigenvalue weighted by Crippen LogP contribution is -2.14. The number of thiophene rings is 1. The minimum Gasteiger partial charge on any atom is -0.282 e. The van der Waals surface area contributed by atoms with E-state index in [4.69, 9.17) is 11.6 Å². The first-order valence-corrected chi connectivity index (χ1v) is 10.3. The molecule has 0 radical (unpaired) electrons. The van der Waals surface area contributed by atoms with Crippen LogP contribution in [0.3, 0.4) is 0 Å². The number of nitrogens with one attached hydrogen (secondary N) is 2. The number of hydrogen-bond acceptors (Lipinski definition) is 4. The molecule has 0 aliphatic carbocycles. The highest BCUT2D eigenvalue weighted by atomic mass is 35.5. The molecule has 0 atom stereocenters. The van der Waals surface area contributed by atoms with Gasteiger partial charge in [0.05, 0.1) is 11.4 Å². The van der Waals surface area contributed by atoms with Crippen LogP contribution in [-0.2, 0) is 10.0 Å². The fraction of sp³-hybridized carbons (Fsp3) is 0.235. The number of aromatic amines is 1. The largest absolute Gasteiger partial charge is 0.282 e. The van der Waals surface area contributed by atoms with E-state index in [-0.39, 0.29) is 4.90 Å². The van der Waals surface area contributed by atoms with Crippen LogP contribution >= 0.6 is 22.9 Å². The molecule has 2 N–H and O–H groups in total. The Labute approximate surface area is 156 Å². The summed E-state index contributed by atoms with van der Waals surface area (Å²) in [5.41, 5.74) is 3.62. The number of H-pyrrole nitrogens is 1. The number of benzene rings is 1. The van der Waals surface area contributed by atoms with Crippen molar-refractivity contribution in [3.63, 3.8) is 0 Å². The first kappa shape index (κ1) is 18.0. The van der Waals surface area contributed by atoms with Gasteiger partial charge in [-0.2, -0.15) is 5.10 Å². The number of nitrogens with zero attached hydrogens (tertiary/aromatic N) is 1. The van der Waals surface area contributed by atoms with Gasteiger partial charge in [0.25, 0.3) is 10.0 Å². The predicted molar refractivity (Wildman–Crippen MR) is 103 cm³/mol. The minimum absolute atomic E-state index is 0.268. The molecule has 132 valence electrons. The number of aromatic nitrogens is 2. The van der Waals surface area contributed by atoms with E-state index in [1.54, 1.807) is 24.3 Å². The summed E-state index contributed by atoms with van der Waals surface area (Å²) in [7, 11) is -3.78. The minimum atomic E-state index is -3.78. The number of aryl methyl sites for hydroxylation is 3. The number of anilines is 1. The van der Waals surface area contributed by atoms with Crippen molar-refractivity contribution in [3.8, 4) is 11.3 Å². The van der Waals surface area contributed by atoms with Crippen molar-refractivity contribution in [1.29, 1.82) is 0 Å². The van der Waals surface area contributed by atoms with Crippen LogP contribution in [0.5, 0.6) is 0 Å². The van der Waals surface area contributed by atoms with E-state index in [1.165, 1.54) is 11.3 Å². The highest BCUT2D eigenvalue weighted by Gasteiger charge is 2.28. The molecule has 0 bridgehead atoms. The maximum Gasteiger partial charge on any atom is 0.263 e. The molecule has 3 aromatic rings. The molecule has 0 amide bonds. The SMILES string of the molecule is Cc1[nH]nc(-c2c(C)sc(C)c2S(=O)(=O)Nc2cccc(Cl)c2)c1C. The molecule has 0 unspecified atom stereocenters. The van der Waals surface area contributed by atoms with Gasteiger partial charge in [-0.05, 0) is 51.5 Å². The van der Waals surface area contributed by atoms with E-state index in [9.17, 15) is 8.42 Å². The van der Waals surface area contributed by atoms with Gasteiger partial charge in [0.1, 0.15) is 4.90 Å². The van der Waals surface area contributed by atoms with Crippen LogP contribution in [0.25, 0.3) is 11.3 Å². The zero-order chi connectivity index (χ0) is 18.4. The third-order valence-corrected chi connectivity index (χ3v) is 6.98. The summed E-state index contributed by atoms with van der Waals surface area (Å²) < 4.78 is 28.8. The van der Waals surface area contributed by atoms with Crippen LogP contribution in [0.4, 0.5) is 5.69 Å². The first-order valence-electron chi connectivity index (χ1n) is 7.61. The molecule has 0 aliphatic rings. The summed E-state index contributed by atoms with van der Waals surface area (Å²) >= 11 is 7.41. The lowest BCUT2D eigenvalue weighted by atomic mass is 10.1. The quantitative estimate of drug-likeness (QED) is 0.664. The van der Waals surface area contributed by atoms with Gasteiger partial charge in [-0.15, -0.1) is 11.3 Å². The Morgan fingerprint density at radius 2 is 1.88 bits per heavy atom. The Morgan fingerprint density at radius 1 is 1.16 bits per heavy atom. The zero-order valence-corrected chi connectivity index (χ0v) is 16.7. The average Bonchev–Trinajstić information content (AvgIpc) is 2.98. The molecule has 0 fully saturated rings. The normalized spacial score (nSPS) is 11.7. The first-order chi connectivity index (χ1) is 11.7. The summed E-state index contributed by atoms with van der Waals surface area (Å²) in [6.45, 7) is 7.57. The van der Waals surface area contributed by atoms with Crippen molar-refractivity contribution in [2.75, 3.05) is 4.72 Å². The standard InChI is InChI=1S/C17H18ClN3O2S2/c1-9-10(2)19-20-16(9)15-11(3)24-12(4)17(15)25(22,23)21-14-7-5-6-13(18)8-14/h5-8,21H,1-4H3,(H,19,20). The molecule has 5 nitrogen and oxygen atoms in total. The molecule has 0 spiro atoms. The lowest BCUT2D eigenvalue weighted by Gasteiger charge is -2.11. The van der Waals surface area contributed by atoms with Crippen LogP contribution in [0.2, 0.25) is 5.02 Å². The van der Waals surface area contributed by atoms with E-state index >= 15 is 0 Å². The van der Waals surface area contributed by atoms with Crippen LogP contribution in [0.15, 0.2) is 29.2 Å². The molecule has 2 heterocycles. The Bertz CT molecular complexity index is 1050. The van der Waals surface area contributed by atoms with Crippen molar-refractivity contribution in [1.82, 2.24) is 10.2 Å². The molecule has 0 aliphatic heterocycles. The zero-order valence-electron chi connectivity index (χ0n) is 14.3. The predicted octanol–water partition coefficient (Wildman–Crippen LogP) is 4.83. The summed E-state index contributed by atoms with van der Waals surface area (Å²) in [5.74, 6) is 0.